The largest absolute Gasteiger partial charge is 0.356 e. The van der Waals surface area contributed by atoms with Crippen LogP contribution < -0.4 is 10.6 Å². The Balaban J connectivity index is 1.44. The van der Waals surface area contributed by atoms with E-state index in [1.54, 1.807) is 24.6 Å². The second-order valence-electron chi connectivity index (χ2n) is 5.57. The van der Waals surface area contributed by atoms with Crippen molar-refractivity contribution in [2.24, 2.45) is 4.99 Å². The number of aryl methyl sites for hydroxylation is 1. The molecule has 1 aromatic carbocycles. The number of nitrogens with zero attached hydrogens (tertiary/aromatic N) is 4. The zero-order chi connectivity index (χ0) is 17.5. The van der Waals surface area contributed by atoms with Gasteiger partial charge in [0.2, 0.25) is 0 Å². The lowest BCUT2D eigenvalue weighted by atomic mass is 10.1. The fraction of sp³-hybridized carbons (Fsp3) is 0.278. The van der Waals surface area contributed by atoms with Crippen molar-refractivity contribution in [3.05, 3.63) is 64.4 Å². The van der Waals surface area contributed by atoms with E-state index in [1.807, 2.05) is 30.1 Å². The summed E-state index contributed by atoms with van der Waals surface area (Å²) in [5.41, 5.74) is 2.34. The second kappa shape index (κ2) is 8.43. The van der Waals surface area contributed by atoms with Crippen LogP contribution in [-0.4, -0.2) is 34.3 Å². The van der Waals surface area contributed by atoms with Crippen LogP contribution in [0.4, 0.5) is 0 Å². The molecule has 0 saturated carbocycles. The van der Waals surface area contributed by atoms with Gasteiger partial charge < -0.3 is 10.6 Å². The number of aromatic nitrogens is 3. The maximum Gasteiger partial charge on any atom is 0.191 e. The highest BCUT2D eigenvalue weighted by Crippen LogP contribution is 2.11. The van der Waals surface area contributed by atoms with Gasteiger partial charge in [-0.2, -0.15) is 5.10 Å². The quantitative estimate of drug-likeness (QED) is 0.527. The summed E-state index contributed by atoms with van der Waals surface area (Å²) in [6, 6.07) is 10.4. The lowest BCUT2D eigenvalue weighted by Crippen LogP contribution is -2.37. The average Bonchev–Trinajstić information content (AvgIpc) is 3.30. The fourth-order valence-electron chi connectivity index (χ4n) is 2.44. The monoisotopic (exact) mass is 354 g/mol. The molecule has 3 rings (SSSR count). The molecule has 0 aliphatic carbocycles. The topological polar surface area (TPSA) is 67.1 Å². The maximum absolute atomic E-state index is 4.26. The summed E-state index contributed by atoms with van der Waals surface area (Å²) in [7, 11) is 1.78. The van der Waals surface area contributed by atoms with E-state index in [2.05, 4.69) is 50.0 Å². The third kappa shape index (κ3) is 4.90. The third-order valence-corrected chi connectivity index (χ3v) is 4.65. The first-order chi connectivity index (χ1) is 12.2. The molecule has 2 heterocycles. The molecule has 0 radical (unpaired) electrons. The number of hydrogen-bond acceptors (Lipinski definition) is 4. The van der Waals surface area contributed by atoms with Crippen LogP contribution in [0.3, 0.4) is 0 Å². The molecule has 0 aliphatic rings. The number of hydrogen-bond donors (Lipinski definition) is 2. The van der Waals surface area contributed by atoms with Crippen molar-refractivity contribution in [1.29, 1.82) is 0 Å². The summed E-state index contributed by atoms with van der Waals surface area (Å²) >= 11 is 1.70. The highest BCUT2D eigenvalue weighted by molar-refractivity contribution is 7.11. The predicted octanol–water partition coefficient (Wildman–Crippen LogP) is 2.54. The first kappa shape index (κ1) is 17.2. The van der Waals surface area contributed by atoms with Gasteiger partial charge in [-0.25, -0.2) is 9.67 Å². The highest BCUT2D eigenvalue weighted by atomic mass is 32.1. The maximum atomic E-state index is 4.26. The molecule has 6 nitrogen and oxygen atoms in total. The Labute approximate surface area is 151 Å². The molecule has 2 aromatic heterocycles. The Morgan fingerprint density at radius 2 is 2.08 bits per heavy atom. The lowest BCUT2D eigenvalue weighted by Gasteiger charge is -2.11. The van der Waals surface area contributed by atoms with Crippen molar-refractivity contribution in [3.8, 4) is 5.69 Å². The third-order valence-electron chi connectivity index (χ3n) is 3.73. The second-order valence-corrected chi connectivity index (χ2v) is 6.88. The van der Waals surface area contributed by atoms with Gasteiger partial charge in [0.15, 0.2) is 5.96 Å². The summed E-state index contributed by atoms with van der Waals surface area (Å²) in [4.78, 5) is 9.72. The summed E-state index contributed by atoms with van der Waals surface area (Å²) in [5.74, 6) is 0.805. The van der Waals surface area contributed by atoms with Gasteiger partial charge in [0.05, 0.1) is 17.2 Å². The van der Waals surface area contributed by atoms with Crippen LogP contribution >= 0.6 is 11.3 Å². The van der Waals surface area contributed by atoms with E-state index in [0.29, 0.717) is 0 Å². The van der Waals surface area contributed by atoms with Gasteiger partial charge in [0.1, 0.15) is 0 Å². The lowest BCUT2D eigenvalue weighted by molar-refractivity contribution is 0.798. The molecule has 130 valence electrons. The molecular weight excluding hydrogens is 332 g/mol. The van der Waals surface area contributed by atoms with E-state index in [0.717, 1.165) is 36.2 Å². The fourth-order valence-corrected chi connectivity index (χ4v) is 3.18. The minimum Gasteiger partial charge on any atom is -0.356 e. The number of rotatable bonds is 6. The molecule has 7 heteroatoms. The van der Waals surface area contributed by atoms with Crippen LogP contribution in [0, 0.1) is 6.92 Å². The molecule has 0 bridgehead atoms. The van der Waals surface area contributed by atoms with Gasteiger partial charge >= 0.3 is 0 Å². The summed E-state index contributed by atoms with van der Waals surface area (Å²) in [6.45, 7) is 3.57. The zero-order valence-electron chi connectivity index (χ0n) is 14.4. The van der Waals surface area contributed by atoms with Crippen LogP contribution in [-0.2, 0) is 13.0 Å². The van der Waals surface area contributed by atoms with Crippen LogP contribution in [0.2, 0.25) is 0 Å². The van der Waals surface area contributed by atoms with Crippen molar-refractivity contribution in [3.63, 3.8) is 0 Å². The number of nitrogens with one attached hydrogen (secondary N) is 2. The number of thiazole rings is 1. The normalized spacial score (nSPS) is 11.5. The molecule has 3 aromatic rings. The summed E-state index contributed by atoms with van der Waals surface area (Å²) in [5, 5.41) is 12.0. The van der Waals surface area contributed by atoms with Crippen LogP contribution in [0.5, 0.6) is 0 Å². The highest BCUT2D eigenvalue weighted by Gasteiger charge is 2.02. The van der Waals surface area contributed by atoms with E-state index in [9.17, 15) is 0 Å². The average molecular weight is 354 g/mol. The van der Waals surface area contributed by atoms with Crippen molar-refractivity contribution < 1.29 is 0 Å². The molecule has 2 N–H and O–H groups in total. The molecule has 0 saturated heterocycles. The smallest absolute Gasteiger partial charge is 0.191 e. The van der Waals surface area contributed by atoms with E-state index in [-0.39, 0.29) is 0 Å². The predicted molar refractivity (Wildman–Crippen MR) is 102 cm³/mol. The van der Waals surface area contributed by atoms with E-state index in [4.69, 9.17) is 0 Å². The molecule has 25 heavy (non-hydrogen) atoms. The standard InChI is InChI=1S/C18H22N6S/c1-14-21-12-17(25-14)13-22-18(19-2)20-10-8-15-4-6-16(7-5-15)24-11-3-9-23-24/h3-7,9,11-12H,8,10,13H2,1-2H3,(H2,19,20,22). The van der Waals surface area contributed by atoms with Gasteiger partial charge in [-0.15, -0.1) is 11.3 Å². The minimum atomic E-state index is 0.740. The van der Waals surface area contributed by atoms with Crippen molar-refractivity contribution in [2.75, 3.05) is 13.6 Å². The Kier molecular flexibility index (Phi) is 5.79. The molecular formula is C18H22N6S. The van der Waals surface area contributed by atoms with E-state index < -0.39 is 0 Å². The number of guanidine groups is 1. The van der Waals surface area contributed by atoms with Gasteiger partial charge in [-0.1, -0.05) is 12.1 Å². The molecule has 0 aliphatic heterocycles. The van der Waals surface area contributed by atoms with Gasteiger partial charge in [0.25, 0.3) is 0 Å². The molecule has 0 amide bonds. The Morgan fingerprint density at radius 1 is 1.24 bits per heavy atom. The van der Waals surface area contributed by atoms with E-state index >= 15 is 0 Å². The zero-order valence-corrected chi connectivity index (χ0v) is 15.3. The minimum absolute atomic E-state index is 0.740. The first-order valence-corrected chi connectivity index (χ1v) is 9.01. The Bertz CT molecular complexity index is 804. The van der Waals surface area contributed by atoms with Crippen LogP contribution in [0.25, 0.3) is 5.69 Å². The van der Waals surface area contributed by atoms with Gasteiger partial charge in [0, 0.05) is 37.1 Å². The molecule has 0 spiro atoms. The summed E-state index contributed by atoms with van der Waals surface area (Å²) in [6.07, 6.45) is 6.56. The van der Waals surface area contributed by atoms with Gasteiger partial charge in [-0.05, 0) is 37.1 Å². The Morgan fingerprint density at radius 3 is 2.72 bits per heavy atom. The van der Waals surface area contributed by atoms with Crippen molar-refractivity contribution in [2.45, 2.75) is 19.9 Å². The molecule has 0 unspecified atom stereocenters. The Hall–Kier alpha value is -2.67. The number of aliphatic imine (C=N–C) groups is 1. The van der Waals surface area contributed by atoms with Crippen LogP contribution in [0.15, 0.2) is 53.9 Å². The van der Waals surface area contributed by atoms with Gasteiger partial charge in [-0.3, -0.25) is 4.99 Å². The van der Waals surface area contributed by atoms with E-state index in [1.165, 1.54) is 10.4 Å². The SMILES string of the molecule is CN=C(NCCc1ccc(-n2cccn2)cc1)NCc1cnc(C)s1. The summed E-state index contributed by atoms with van der Waals surface area (Å²) < 4.78 is 1.86. The van der Waals surface area contributed by atoms with Crippen molar-refractivity contribution >= 4 is 17.3 Å². The molecule has 0 atom stereocenters. The van der Waals surface area contributed by atoms with Crippen LogP contribution in [0.1, 0.15) is 15.4 Å². The number of benzene rings is 1. The van der Waals surface area contributed by atoms with Crippen molar-refractivity contribution in [1.82, 2.24) is 25.4 Å². The molecule has 0 fully saturated rings. The first-order valence-electron chi connectivity index (χ1n) is 8.19.